The van der Waals surface area contributed by atoms with Crippen LogP contribution >= 0.6 is 11.3 Å². The lowest BCUT2D eigenvalue weighted by molar-refractivity contribution is 0.631. The van der Waals surface area contributed by atoms with E-state index in [-0.39, 0.29) is 6.04 Å². The molecule has 0 fully saturated rings. The standard InChI is InChI=1S/C9H14N2S/c1-8(10-7-11(2)3)9-5-4-6-12-9/h4-8H,1-3H3. The first-order chi connectivity index (χ1) is 5.70. The number of aliphatic imine (C=N–C) groups is 1. The number of thiophene rings is 1. The van der Waals surface area contributed by atoms with E-state index in [0.29, 0.717) is 0 Å². The van der Waals surface area contributed by atoms with E-state index in [4.69, 9.17) is 0 Å². The van der Waals surface area contributed by atoms with Gasteiger partial charge in [0.25, 0.3) is 0 Å². The van der Waals surface area contributed by atoms with Gasteiger partial charge in [-0.05, 0) is 18.4 Å². The molecule has 0 radical (unpaired) electrons. The molecule has 0 bridgehead atoms. The van der Waals surface area contributed by atoms with Crippen LogP contribution in [0, 0.1) is 0 Å². The maximum Gasteiger partial charge on any atom is 0.0852 e. The zero-order chi connectivity index (χ0) is 8.97. The van der Waals surface area contributed by atoms with Crippen molar-refractivity contribution >= 4 is 17.7 Å². The SMILES string of the molecule is CC(N=CN(C)C)c1cccs1. The molecule has 12 heavy (non-hydrogen) atoms. The molecule has 66 valence electrons. The van der Waals surface area contributed by atoms with Crippen molar-refractivity contribution in [3.05, 3.63) is 22.4 Å². The first-order valence-corrected chi connectivity index (χ1v) is 4.81. The topological polar surface area (TPSA) is 15.6 Å². The van der Waals surface area contributed by atoms with Crippen LogP contribution in [0.1, 0.15) is 17.8 Å². The summed E-state index contributed by atoms with van der Waals surface area (Å²) in [5.41, 5.74) is 0. The molecular weight excluding hydrogens is 168 g/mol. The Morgan fingerprint density at radius 1 is 1.58 bits per heavy atom. The largest absolute Gasteiger partial charge is 0.369 e. The highest BCUT2D eigenvalue weighted by atomic mass is 32.1. The van der Waals surface area contributed by atoms with E-state index in [1.165, 1.54) is 4.88 Å². The molecule has 0 aliphatic carbocycles. The third kappa shape index (κ3) is 2.66. The van der Waals surface area contributed by atoms with Crippen LogP contribution in [0.4, 0.5) is 0 Å². The predicted octanol–water partition coefficient (Wildman–Crippen LogP) is 2.40. The number of rotatable bonds is 3. The van der Waals surface area contributed by atoms with Crippen molar-refractivity contribution < 1.29 is 0 Å². The van der Waals surface area contributed by atoms with Crippen molar-refractivity contribution in [3.8, 4) is 0 Å². The van der Waals surface area contributed by atoms with Crippen LogP contribution in [-0.4, -0.2) is 25.3 Å². The Bertz CT molecular complexity index is 239. The van der Waals surface area contributed by atoms with Crippen molar-refractivity contribution in [1.29, 1.82) is 0 Å². The molecule has 0 spiro atoms. The van der Waals surface area contributed by atoms with E-state index in [1.807, 2.05) is 25.3 Å². The van der Waals surface area contributed by atoms with Gasteiger partial charge in [-0.3, -0.25) is 4.99 Å². The van der Waals surface area contributed by atoms with Crippen LogP contribution in [0.3, 0.4) is 0 Å². The van der Waals surface area contributed by atoms with Gasteiger partial charge in [-0.1, -0.05) is 6.07 Å². The zero-order valence-electron chi connectivity index (χ0n) is 7.69. The number of nitrogens with zero attached hydrogens (tertiary/aromatic N) is 2. The van der Waals surface area contributed by atoms with Crippen LogP contribution in [0.2, 0.25) is 0 Å². The molecule has 1 unspecified atom stereocenters. The fraction of sp³-hybridized carbons (Fsp3) is 0.444. The van der Waals surface area contributed by atoms with Crippen LogP contribution in [0.15, 0.2) is 22.5 Å². The molecule has 3 heteroatoms. The summed E-state index contributed by atoms with van der Waals surface area (Å²) < 4.78 is 0. The van der Waals surface area contributed by atoms with Crippen LogP contribution < -0.4 is 0 Å². The van der Waals surface area contributed by atoms with Crippen LogP contribution in [-0.2, 0) is 0 Å². The highest BCUT2D eigenvalue weighted by Gasteiger charge is 2.01. The second-order valence-corrected chi connectivity index (χ2v) is 3.90. The van der Waals surface area contributed by atoms with Gasteiger partial charge in [-0.15, -0.1) is 11.3 Å². The molecule has 1 aromatic rings. The molecule has 0 aliphatic rings. The normalized spacial score (nSPS) is 13.6. The van der Waals surface area contributed by atoms with Gasteiger partial charge < -0.3 is 4.90 Å². The third-order valence-corrected chi connectivity index (χ3v) is 2.52. The van der Waals surface area contributed by atoms with Gasteiger partial charge in [0.05, 0.1) is 12.4 Å². The van der Waals surface area contributed by atoms with Crippen molar-refractivity contribution in [3.63, 3.8) is 0 Å². The summed E-state index contributed by atoms with van der Waals surface area (Å²) in [5.74, 6) is 0. The first-order valence-electron chi connectivity index (χ1n) is 3.93. The Morgan fingerprint density at radius 3 is 2.83 bits per heavy atom. The van der Waals surface area contributed by atoms with Gasteiger partial charge in [0.15, 0.2) is 0 Å². The summed E-state index contributed by atoms with van der Waals surface area (Å²) in [6, 6.07) is 4.46. The van der Waals surface area contributed by atoms with E-state index in [1.54, 1.807) is 11.3 Å². The molecule has 1 heterocycles. The molecule has 1 aromatic heterocycles. The van der Waals surface area contributed by atoms with E-state index in [9.17, 15) is 0 Å². The van der Waals surface area contributed by atoms with E-state index in [2.05, 4.69) is 29.4 Å². The summed E-state index contributed by atoms with van der Waals surface area (Å²) in [6.45, 7) is 2.10. The summed E-state index contributed by atoms with van der Waals surface area (Å²) >= 11 is 1.75. The third-order valence-electron chi connectivity index (χ3n) is 1.48. The van der Waals surface area contributed by atoms with Gasteiger partial charge in [0, 0.05) is 19.0 Å². The Kier molecular flexibility index (Phi) is 3.29. The van der Waals surface area contributed by atoms with Crippen LogP contribution in [0.25, 0.3) is 0 Å². The molecule has 2 nitrogen and oxygen atoms in total. The maximum atomic E-state index is 4.38. The van der Waals surface area contributed by atoms with E-state index >= 15 is 0 Å². The van der Waals surface area contributed by atoms with Gasteiger partial charge in [-0.2, -0.15) is 0 Å². The molecule has 1 atom stereocenters. The number of hydrogen-bond donors (Lipinski definition) is 0. The average Bonchev–Trinajstić information content (AvgIpc) is 2.51. The molecule has 0 amide bonds. The fourth-order valence-corrected chi connectivity index (χ4v) is 1.56. The van der Waals surface area contributed by atoms with Gasteiger partial charge >= 0.3 is 0 Å². The monoisotopic (exact) mass is 182 g/mol. The minimum absolute atomic E-state index is 0.285. The predicted molar refractivity (Wildman–Crippen MR) is 54.9 cm³/mol. The Labute approximate surface area is 77.6 Å². The Hall–Kier alpha value is -0.830. The van der Waals surface area contributed by atoms with Crippen molar-refractivity contribution in [2.24, 2.45) is 4.99 Å². The summed E-state index contributed by atoms with van der Waals surface area (Å²) in [5, 5.41) is 2.08. The Balaban J connectivity index is 2.55. The molecule has 0 saturated carbocycles. The van der Waals surface area contributed by atoms with Crippen molar-refractivity contribution in [1.82, 2.24) is 4.90 Å². The van der Waals surface area contributed by atoms with E-state index < -0.39 is 0 Å². The molecule has 0 saturated heterocycles. The highest BCUT2D eigenvalue weighted by Crippen LogP contribution is 2.20. The zero-order valence-corrected chi connectivity index (χ0v) is 8.51. The smallest absolute Gasteiger partial charge is 0.0852 e. The van der Waals surface area contributed by atoms with Crippen molar-refractivity contribution in [2.75, 3.05) is 14.1 Å². The second-order valence-electron chi connectivity index (χ2n) is 2.92. The fourth-order valence-electron chi connectivity index (χ4n) is 0.836. The van der Waals surface area contributed by atoms with Gasteiger partial charge in [0.1, 0.15) is 0 Å². The maximum absolute atomic E-state index is 4.38. The Morgan fingerprint density at radius 2 is 2.33 bits per heavy atom. The highest BCUT2D eigenvalue weighted by molar-refractivity contribution is 7.10. The second kappa shape index (κ2) is 4.26. The minimum Gasteiger partial charge on any atom is -0.369 e. The minimum atomic E-state index is 0.285. The van der Waals surface area contributed by atoms with Gasteiger partial charge in [-0.25, -0.2) is 0 Å². The molecule has 1 rings (SSSR count). The molecule has 0 aromatic carbocycles. The van der Waals surface area contributed by atoms with Crippen LogP contribution in [0.5, 0.6) is 0 Å². The summed E-state index contributed by atoms with van der Waals surface area (Å²) in [6.07, 6.45) is 1.85. The summed E-state index contributed by atoms with van der Waals surface area (Å²) in [7, 11) is 3.95. The van der Waals surface area contributed by atoms with Crippen molar-refractivity contribution in [2.45, 2.75) is 13.0 Å². The molecule has 0 N–H and O–H groups in total. The first kappa shape index (κ1) is 9.26. The average molecular weight is 182 g/mol. The lowest BCUT2D eigenvalue weighted by Crippen LogP contribution is -2.08. The lowest BCUT2D eigenvalue weighted by Gasteiger charge is -2.06. The van der Waals surface area contributed by atoms with Gasteiger partial charge in [0.2, 0.25) is 0 Å². The van der Waals surface area contributed by atoms with E-state index in [0.717, 1.165) is 0 Å². The number of hydrogen-bond acceptors (Lipinski definition) is 2. The molecular formula is C9H14N2S. The molecule has 0 aliphatic heterocycles. The lowest BCUT2D eigenvalue weighted by atomic mass is 10.3. The quantitative estimate of drug-likeness (QED) is 0.517. The summed E-state index contributed by atoms with van der Waals surface area (Å²) in [4.78, 5) is 7.64.